The summed E-state index contributed by atoms with van der Waals surface area (Å²) in [7, 11) is 2.08. The molecule has 2 heterocycles. The van der Waals surface area contributed by atoms with Gasteiger partial charge in [-0.3, -0.25) is 5.32 Å². The quantitative estimate of drug-likeness (QED) is 0.606. The molecule has 6 nitrogen and oxygen atoms in total. The van der Waals surface area contributed by atoms with Gasteiger partial charge in [-0.25, -0.2) is 4.98 Å². The average molecular weight is 318 g/mol. The highest BCUT2D eigenvalue weighted by atomic mass is 35.5. The predicted molar refractivity (Wildman–Crippen MR) is 82.5 cm³/mol. The Kier molecular flexibility index (Phi) is 5.86. The number of halogens is 1. The van der Waals surface area contributed by atoms with Gasteiger partial charge in [-0.05, 0) is 13.3 Å². The summed E-state index contributed by atoms with van der Waals surface area (Å²) in [6, 6.07) is 0. The number of aliphatic hydroxyl groups is 1. The highest BCUT2D eigenvalue weighted by Crippen LogP contribution is 2.25. The normalized spacial score (nSPS) is 20.4. The lowest BCUT2D eigenvalue weighted by atomic mass is 10.3. The van der Waals surface area contributed by atoms with Gasteiger partial charge in [-0.15, -0.1) is 11.8 Å². The smallest absolute Gasteiger partial charge is 0.228 e. The fraction of sp³-hybridized carbons (Fsp3) is 0.667. The van der Waals surface area contributed by atoms with E-state index in [2.05, 4.69) is 32.1 Å². The molecule has 1 fully saturated rings. The Balaban J connectivity index is 2.17. The Labute approximate surface area is 128 Å². The molecular weight excluding hydrogens is 298 g/mol. The summed E-state index contributed by atoms with van der Waals surface area (Å²) in [6.07, 6.45) is 3.79. The van der Waals surface area contributed by atoms with Gasteiger partial charge in [0.1, 0.15) is 5.15 Å². The van der Waals surface area contributed by atoms with E-state index in [0.29, 0.717) is 17.6 Å². The number of aromatic nitrogens is 2. The van der Waals surface area contributed by atoms with E-state index in [1.54, 1.807) is 6.20 Å². The minimum atomic E-state index is 0.0806. The molecule has 1 unspecified atom stereocenters. The highest BCUT2D eigenvalue weighted by molar-refractivity contribution is 7.98. The van der Waals surface area contributed by atoms with Crippen LogP contribution in [0.2, 0.25) is 5.15 Å². The van der Waals surface area contributed by atoms with Crippen LogP contribution in [0.25, 0.3) is 0 Å². The first kappa shape index (κ1) is 15.8. The molecule has 0 amide bonds. The number of thioether (sulfide) groups is 1. The Bertz CT molecular complexity index is 450. The van der Waals surface area contributed by atoms with Crippen molar-refractivity contribution in [2.75, 3.05) is 51.0 Å². The van der Waals surface area contributed by atoms with Crippen LogP contribution in [0.5, 0.6) is 0 Å². The number of rotatable bonds is 5. The third kappa shape index (κ3) is 3.73. The van der Waals surface area contributed by atoms with Crippen molar-refractivity contribution in [1.82, 2.24) is 20.2 Å². The van der Waals surface area contributed by atoms with Crippen molar-refractivity contribution in [1.29, 1.82) is 0 Å². The lowest BCUT2D eigenvalue weighted by Crippen LogP contribution is -2.59. The SMILES string of the molecule is CSc1cnc(N2CCN(C)CC2NCCO)nc1Cl. The van der Waals surface area contributed by atoms with E-state index in [1.165, 1.54) is 11.8 Å². The molecule has 1 aromatic heterocycles. The number of aliphatic hydroxyl groups excluding tert-OH is 1. The molecule has 2 N–H and O–H groups in total. The van der Waals surface area contributed by atoms with Gasteiger partial charge < -0.3 is 14.9 Å². The van der Waals surface area contributed by atoms with Gasteiger partial charge in [0.05, 0.1) is 17.7 Å². The molecule has 8 heteroatoms. The Hall–Kier alpha value is -0.600. The van der Waals surface area contributed by atoms with Crippen LogP contribution >= 0.6 is 23.4 Å². The third-order valence-electron chi connectivity index (χ3n) is 3.25. The third-order valence-corrected chi connectivity index (χ3v) is 4.39. The maximum atomic E-state index is 8.98. The topological polar surface area (TPSA) is 64.5 Å². The van der Waals surface area contributed by atoms with Crippen molar-refractivity contribution in [3.05, 3.63) is 11.3 Å². The van der Waals surface area contributed by atoms with Crippen LogP contribution in [-0.4, -0.2) is 72.2 Å². The summed E-state index contributed by atoms with van der Waals surface area (Å²) in [5.41, 5.74) is 0. The fourth-order valence-corrected chi connectivity index (χ4v) is 2.91. The zero-order valence-corrected chi connectivity index (χ0v) is 13.3. The van der Waals surface area contributed by atoms with Gasteiger partial charge in [0.15, 0.2) is 0 Å². The Morgan fingerprint density at radius 2 is 2.35 bits per heavy atom. The summed E-state index contributed by atoms with van der Waals surface area (Å²) in [4.78, 5) is 14.0. The first-order valence-electron chi connectivity index (χ1n) is 6.51. The van der Waals surface area contributed by atoms with Crippen LogP contribution in [0.15, 0.2) is 11.1 Å². The molecule has 0 spiro atoms. The summed E-state index contributed by atoms with van der Waals surface area (Å²) >= 11 is 7.69. The molecule has 1 atom stereocenters. The largest absolute Gasteiger partial charge is 0.395 e. The lowest BCUT2D eigenvalue weighted by Gasteiger charge is -2.40. The minimum absolute atomic E-state index is 0.0806. The first-order chi connectivity index (χ1) is 9.65. The van der Waals surface area contributed by atoms with E-state index in [9.17, 15) is 0 Å². The Morgan fingerprint density at radius 1 is 1.55 bits per heavy atom. The van der Waals surface area contributed by atoms with Crippen LogP contribution in [0.1, 0.15) is 0 Å². The second kappa shape index (κ2) is 7.42. The minimum Gasteiger partial charge on any atom is -0.395 e. The molecule has 0 aliphatic carbocycles. The average Bonchev–Trinajstić information content (AvgIpc) is 2.45. The van der Waals surface area contributed by atoms with E-state index >= 15 is 0 Å². The van der Waals surface area contributed by atoms with Gasteiger partial charge in [-0.1, -0.05) is 11.6 Å². The molecular formula is C12H20ClN5OS. The van der Waals surface area contributed by atoms with E-state index < -0.39 is 0 Å². The molecule has 0 bridgehead atoms. The second-order valence-corrected chi connectivity index (χ2v) is 5.88. The van der Waals surface area contributed by atoms with Crippen molar-refractivity contribution in [2.24, 2.45) is 0 Å². The fourth-order valence-electron chi connectivity index (χ4n) is 2.18. The van der Waals surface area contributed by atoms with Crippen LogP contribution in [0.4, 0.5) is 5.95 Å². The van der Waals surface area contributed by atoms with E-state index in [-0.39, 0.29) is 12.8 Å². The molecule has 0 radical (unpaired) electrons. The van der Waals surface area contributed by atoms with Crippen LogP contribution in [0.3, 0.4) is 0 Å². The molecule has 20 heavy (non-hydrogen) atoms. The number of hydrogen-bond donors (Lipinski definition) is 2. The monoisotopic (exact) mass is 317 g/mol. The van der Waals surface area contributed by atoms with Crippen LogP contribution < -0.4 is 10.2 Å². The summed E-state index contributed by atoms with van der Waals surface area (Å²) in [5.74, 6) is 0.635. The van der Waals surface area contributed by atoms with Crippen LogP contribution in [-0.2, 0) is 0 Å². The zero-order valence-electron chi connectivity index (χ0n) is 11.7. The predicted octanol–water partition coefficient (Wildman–Crippen LogP) is 0.512. The number of anilines is 1. The second-order valence-electron chi connectivity index (χ2n) is 4.68. The van der Waals surface area contributed by atoms with Crippen molar-refractivity contribution < 1.29 is 5.11 Å². The highest BCUT2D eigenvalue weighted by Gasteiger charge is 2.27. The molecule has 0 aromatic carbocycles. The molecule has 1 aliphatic rings. The van der Waals surface area contributed by atoms with Crippen molar-refractivity contribution in [3.8, 4) is 0 Å². The molecule has 0 saturated carbocycles. The molecule has 1 aromatic rings. The van der Waals surface area contributed by atoms with E-state index in [1.807, 2.05) is 6.26 Å². The van der Waals surface area contributed by atoms with Crippen molar-refractivity contribution >= 4 is 29.3 Å². The summed E-state index contributed by atoms with van der Waals surface area (Å²) in [5, 5.41) is 12.8. The maximum Gasteiger partial charge on any atom is 0.228 e. The number of piperazine rings is 1. The standard InChI is InChI=1S/C12H20ClN5OS/c1-17-4-5-18(10(8-17)14-3-6-19)12-15-7-9(20-2)11(13)16-12/h7,10,14,19H,3-6,8H2,1-2H3. The summed E-state index contributed by atoms with van der Waals surface area (Å²) < 4.78 is 0. The number of nitrogens with one attached hydrogen (secondary N) is 1. The van der Waals surface area contributed by atoms with E-state index in [4.69, 9.17) is 16.7 Å². The van der Waals surface area contributed by atoms with Crippen molar-refractivity contribution in [3.63, 3.8) is 0 Å². The Morgan fingerprint density at radius 3 is 3.00 bits per heavy atom. The van der Waals surface area contributed by atoms with Gasteiger partial charge in [0, 0.05) is 32.4 Å². The van der Waals surface area contributed by atoms with Gasteiger partial charge in [0.25, 0.3) is 0 Å². The van der Waals surface area contributed by atoms with Gasteiger partial charge >= 0.3 is 0 Å². The molecule has 1 saturated heterocycles. The van der Waals surface area contributed by atoms with Gasteiger partial charge in [0.2, 0.25) is 5.95 Å². The van der Waals surface area contributed by atoms with E-state index in [0.717, 1.165) is 24.5 Å². The number of nitrogens with zero attached hydrogens (tertiary/aromatic N) is 4. The molecule has 112 valence electrons. The number of likely N-dealkylation sites (N-methyl/N-ethyl adjacent to an activating group) is 1. The van der Waals surface area contributed by atoms with Crippen molar-refractivity contribution in [2.45, 2.75) is 11.1 Å². The van der Waals surface area contributed by atoms with Gasteiger partial charge in [-0.2, -0.15) is 4.98 Å². The summed E-state index contributed by atoms with van der Waals surface area (Å²) in [6.45, 7) is 3.29. The maximum absolute atomic E-state index is 8.98. The van der Waals surface area contributed by atoms with Crippen LogP contribution in [0, 0.1) is 0 Å². The molecule has 1 aliphatic heterocycles. The first-order valence-corrected chi connectivity index (χ1v) is 8.12. The lowest BCUT2D eigenvalue weighted by molar-refractivity contribution is 0.225. The number of hydrogen-bond acceptors (Lipinski definition) is 7. The zero-order chi connectivity index (χ0) is 14.5. The molecule has 2 rings (SSSR count).